The Kier molecular flexibility index (Phi) is 6.46. The van der Waals surface area contributed by atoms with Crippen molar-refractivity contribution in [3.8, 4) is 16.9 Å². The van der Waals surface area contributed by atoms with Crippen LogP contribution in [0.1, 0.15) is 34.5 Å². The van der Waals surface area contributed by atoms with E-state index in [2.05, 4.69) is 24.3 Å². The molecule has 0 bridgehead atoms. The van der Waals surface area contributed by atoms with Gasteiger partial charge in [0, 0.05) is 18.7 Å². The highest BCUT2D eigenvalue weighted by atomic mass is 19.1. The van der Waals surface area contributed by atoms with Crippen molar-refractivity contribution in [1.29, 1.82) is 0 Å². The zero-order valence-electron chi connectivity index (χ0n) is 21.3. The van der Waals surface area contributed by atoms with Gasteiger partial charge in [-0.25, -0.2) is 14.1 Å². The normalized spacial score (nSPS) is 14.2. The molecule has 2 aromatic heterocycles. The van der Waals surface area contributed by atoms with Gasteiger partial charge in [-0.3, -0.25) is 4.79 Å². The van der Waals surface area contributed by atoms with Crippen molar-refractivity contribution in [2.45, 2.75) is 26.2 Å². The second kappa shape index (κ2) is 10.2. The van der Waals surface area contributed by atoms with Gasteiger partial charge >= 0.3 is 0 Å². The SMILES string of the molecule is Cc1cc(C(=O)N2CCC(Cc3ccccc3)CC2)nc2c1c(-c1ccccc1)nn2-c1cccc(F)c1. The number of aryl methyl sites for hydroxylation is 1. The molecule has 0 unspecified atom stereocenters. The smallest absolute Gasteiger partial charge is 0.272 e. The lowest BCUT2D eigenvalue weighted by molar-refractivity contribution is 0.0685. The average Bonchev–Trinajstić information content (AvgIpc) is 3.34. The molecular weight excluding hydrogens is 475 g/mol. The molecule has 1 aliphatic heterocycles. The van der Waals surface area contributed by atoms with Crippen LogP contribution in [-0.2, 0) is 6.42 Å². The Morgan fingerprint density at radius 3 is 2.34 bits per heavy atom. The van der Waals surface area contributed by atoms with Gasteiger partial charge in [0.25, 0.3) is 5.91 Å². The molecule has 0 saturated carbocycles. The number of amides is 1. The molecule has 0 aliphatic carbocycles. The van der Waals surface area contributed by atoms with Crippen LogP contribution in [0.2, 0.25) is 0 Å². The number of carbonyl (C=O) groups excluding carboxylic acids is 1. The molecule has 190 valence electrons. The van der Waals surface area contributed by atoms with E-state index in [1.54, 1.807) is 16.8 Å². The molecule has 6 heteroatoms. The Labute approximate surface area is 221 Å². The second-order valence-corrected chi connectivity index (χ2v) is 10.1. The van der Waals surface area contributed by atoms with Gasteiger partial charge < -0.3 is 4.90 Å². The van der Waals surface area contributed by atoms with E-state index in [4.69, 9.17) is 10.1 Å². The highest BCUT2D eigenvalue weighted by Gasteiger charge is 2.26. The fourth-order valence-electron chi connectivity index (χ4n) is 5.44. The third-order valence-electron chi connectivity index (χ3n) is 7.42. The Balaban J connectivity index is 1.33. The molecule has 1 saturated heterocycles. The minimum absolute atomic E-state index is 0.0681. The van der Waals surface area contributed by atoms with Crippen LogP contribution in [0.3, 0.4) is 0 Å². The van der Waals surface area contributed by atoms with Gasteiger partial charge in [-0.2, -0.15) is 5.10 Å². The summed E-state index contributed by atoms with van der Waals surface area (Å²) in [6.45, 7) is 3.41. The predicted octanol–water partition coefficient (Wildman–Crippen LogP) is 6.63. The van der Waals surface area contributed by atoms with Crippen LogP contribution in [0, 0.1) is 18.7 Å². The first kappa shape index (κ1) is 24.0. The lowest BCUT2D eigenvalue weighted by atomic mass is 9.90. The number of aromatic nitrogens is 3. The Bertz CT molecular complexity index is 1590. The third-order valence-corrected chi connectivity index (χ3v) is 7.42. The Morgan fingerprint density at radius 1 is 0.921 bits per heavy atom. The van der Waals surface area contributed by atoms with E-state index in [0.29, 0.717) is 36.0 Å². The van der Waals surface area contributed by atoms with Gasteiger partial charge in [0.1, 0.15) is 17.2 Å². The number of halogens is 1. The van der Waals surface area contributed by atoms with Gasteiger partial charge in [0.15, 0.2) is 5.65 Å². The lowest BCUT2D eigenvalue weighted by Crippen LogP contribution is -2.39. The molecule has 1 aliphatic rings. The molecule has 0 radical (unpaired) electrons. The summed E-state index contributed by atoms with van der Waals surface area (Å²) in [5.74, 6) is 0.151. The molecule has 3 heterocycles. The number of likely N-dealkylation sites (tertiary alicyclic amines) is 1. The molecule has 3 aromatic carbocycles. The van der Waals surface area contributed by atoms with Crippen LogP contribution in [0.15, 0.2) is 91.0 Å². The molecule has 0 N–H and O–H groups in total. The van der Waals surface area contributed by atoms with Crippen LogP contribution in [0.4, 0.5) is 4.39 Å². The molecule has 6 rings (SSSR count). The summed E-state index contributed by atoms with van der Waals surface area (Å²) >= 11 is 0. The zero-order valence-corrected chi connectivity index (χ0v) is 21.3. The fourth-order valence-corrected chi connectivity index (χ4v) is 5.44. The Morgan fingerprint density at radius 2 is 1.63 bits per heavy atom. The van der Waals surface area contributed by atoms with Crippen molar-refractivity contribution < 1.29 is 9.18 Å². The van der Waals surface area contributed by atoms with Crippen LogP contribution >= 0.6 is 0 Å². The van der Waals surface area contributed by atoms with Gasteiger partial charge in [-0.15, -0.1) is 0 Å². The molecule has 0 atom stereocenters. The van der Waals surface area contributed by atoms with Gasteiger partial charge in [0.05, 0.1) is 11.1 Å². The van der Waals surface area contributed by atoms with E-state index in [1.165, 1.54) is 17.7 Å². The second-order valence-electron chi connectivity index (χ2n) is 10.1. The molecule has 38 heavy (non-hydrogen) atoms. The van der Waals surface area contributed by atoms with E-state index in [0.717, 1.165) is 41.5 Å². The monoisotopic (exact) mass is 504 g/mol. The quantitative estimate of drug-likeness (QED) is 0.270. The maximum atomic E-state index is 14.2. The summed E-state index contributed by atoms with van der Waals surface area (Å²) in [6.07, 6.45) is 2.99. The first-order valence-corrected chi connectivity index (χ1v) is 13.1. The summed E-state index contributed by atoms with van der Waals surface area (Å²) in [4.78, 5) is 20.4. The molecule has 1 amide bonds. The molecule has 5 aromatic rings. The van der Waals surface area contributed by atoms with Crippen molar-refractivity contribution in [3.63, 3.8) is 0 Å². The van der Waals surface area contributed by atoms with Gasteiger partial charge in [0.2, 0.25) is 0 Å². The zero-order chi connectivity index (χ0) is 26.1. The van der Waals surface area contributed by atoms with Gasteiger partial charge in [-0.1, -0.05) is 66.7 Å². The van der Waals surface area contributed by atoms with E-state index in [-0.39, 0.29) is 11.7 Å². The number of nitrogens with zero attached hydrogens (tertiary/aromatic N) is 4. The number of benzene rings is 3. The summed E-state index contributed by atoms with van der Waals surface area (Å²) in [6, 6.07) is 28.6. The molecule has 1 fully saturated rings. The summed E-state index contributed by atoms with van der Waals surface area (Å²) in [5, 5.41) is 5.72. The highest BCUT2D eigenvalue weighted by Crippen LogP contribution is 2.32. The van der Waals surface area contributed by atoms with E-state index < -0.39 is 0 Å². The van der Waals surface area contributed by atoms with Crippen molar-refractivity contribution in [2.24, 2.45) is 5.92 Å². The average molecular weight is 505 g/mol. The molecular formula is C32H29FN4O. The maximum absolute atomic E-state index is 14.2. The topological polar surface area (TPSA) is 51.0 Å². The van der Waals surface area contributed by atoms with Crippen molar-refractivity contribution in [1.82, 2.24) is 19.7 Å². The molecule has 0 spiro atoms. The van der Waals surface area contributed by atoms with Gasteiger partial charge in [-0.05, 0) is 67.5 Å². The number of pyridine rings is 1. The van der Waals surface area contributed by atoms with Crippen LogP contribution in [0.5, 0.6) is 0 Å². The van der Waals surface area contributed by atoms with Crippen molar-refractivity contribution >= 4 is 16.9 Å². The number of piperidine rings is 1. The number of hydrogen-bond donors (Lipinski definition) is 0. The molecule has 5 nitrogen and oxygen atoms in total. The minimum atomic E-state index is -0.352. The van der Waals surface area contributed by atoms with Crippen molar-refractivity contribution in [3.05, 3.63) is 114 Å². The van der Waals surface area contributed by atoms with E-state index >= 15 is 0 Å². The summed E-state index contributed by atoms with van der Waals surface area (Å²) in [7, 11) is 0. The summed E-state index contributed by atoms with van der Waals surface area (Å²) < 4.78 is 15.8. The fraction of sp³-hybridized carbons (Fsp3) is 0.219. The minimum Gasteiger partial charge on any atom is -0.337 e. The van der Waals surface area contributed by atoms with Crippen molar-refractivity contribution in [2.75, 3.05) is 13.1 Å². The number of carbonyl (C=O) groups is 1. The number of hydrogen-bond acceptors (Lipinski definition) is 3. The van der Waals surface area contributed by atoms with E-state index in [1.807, 2.05) is 54.3 Å². The van der Waals surface area contributed by atoms with Crippen LogP contribution in [0.25, 0.3) is 28.0 Å². The standard InChI is InChI=1S/C32H29FN4O/c1-22-19-28(32(38)36-17-15-24(16-18-36)20-23-9-4-2-5-10-23)34-31-29(22)30(25-11-6-3-7-12-25)35-37(31)27-14-8-13-26(33)21-27/h2-14,19,21,24H,15-18,20H2,1H3. The lowest BCUT2D eigenvalue weighted by Gasteiger charge is -2.32. The maximum Gasteiger partial charge on any atom is 0.272 e. The first-order chi connectivity index (χ1) is 18.6. The predicted molar refractivity (Wildman–Crippen MR) is 148 cm³/mol. The van der Waals surface area contributed by atoms with E-state index in [9.17, 15) is 9.18 Å². The Hall–Kier alpha value is -4.32. The largest absolute Gasteiger partial charge is 0.337 e. The van der Waals surface area contributed by atoms with Crippen LogP contribution in [-0.4, -0.2) is 38.7 Å². The highest BCUT2D eigenvalue weighted by molar-refractivity contribution is 5.99. The first-order valence-electron chi connectivity index (χ1n) is 13.1. The number of fused-ring (bicyclic) bond motifs is 1. The third kappa shape index (κ3) is 4.70. The summed E-state index contributed by atoms with van der Waals surface area (Å²) in [5.41, 5.74) is 5.48. The number of rotatable bonds is 5. The van der Waals surface area contributed by atoms with Crippen LogP contribution < -0.4 is 0 Å².